The van der Waals surface area contributed by atoms with Gasteiger partial charge < -0.3 is 74.4 Å². The topological polar surface area (TPSA) is 386 Å². The number of hydrogen-bond acceptors (Lipinski definition) is 23. The predicted octanol–water partition coefficient (Wildman–Crippen LogP) is 13.0. The molecule has 10 N–H and O–H groups in total. The number of carbonyl (C=O) groups excluding carboxylic acids is 6. The molecule has 0 spiro atoms. The van der Waals surface area contributed by atoms with Gasteiger partial charge in [-0.3, -0.25) is 0 Å². The Morgan fingerprint density at radius 2 is 0.686 bits per heavy atom. The average molecular weight is 1830 g/mol. The van der Waals surface area contributed by atoms with Crippen LogP contribution in [-0.4, -0.2) is 235 Å². The summed E-state index contributed by atoms with van der Waals surface area (Å²) in [5, 5.41) is 87.7. The van der Waals surface area contributed by atoms with Crippen LogP contribution in [0.1, 0.15) is 181 Å². The summed E-state index contributed by atoms with van der Waals surface area (Å²) in [5.74, 6) is -13.9. The molecule has 3 fully saturated rings. The summed E-state index contributed by atoms with van der Waals surface area (Å²) >= 11 is 0. The van der Waals surface area contributed by atoms with Crippen LogP contribution in [-0.2, 0) is 67.2 Å². The van der Waals surface area contributed by atoms with Gasteiger partial charge in [0, 0.05) is 82.4 Å². The Labute approximate surface area is 686 Å². The number of alkyl halides is 21. The van der Waals surface area contributed by atoms with Crippen LogP contribution in [0.15, 0.2) is 72.9 Å². The third kappa shape index (κ3) is 37.6. The second kappa shape index (κ2) is 45.0. The molecule has 46 heteroatoms. The van der Waals surface area contributed by atoms with Crippen molar-refractivity contribution in [2.45, 2.75) is 307 Å². The lowest BCUT2D eigenvalue weighted by Gasteiger charge is -2.49. The molecule has 0 aromatic heterocycles. The zero-order valence-corrected chi connectivity index (χ0v) is 70.3. The van der Waals surface area contributed by atoms with E-state index in [0.717, 1.165) is 6.26 Å². The van der Waals surface area contributed by atoms with Crippen molar-refractivity contribution >= 4 is 45.8 Å². The van der Waals surface area contributed by atoms with E-state index in [-0.39, 0.29) is 72.6 Å². The second-order valence-electron chi connectivity index (χ2n) is 31.9. The monoisotopic (exact) mass is 1830 g/mol. The van der Waals surface area contributed by atoms with Gasteiger partial charge in [0.2, 0.25) is 10.0 Å². The first-order valence-electron chi connectivity index (χ1n) is 36.4. The first-order chi connectivity index (χ1) is 53.4. The summed E-state index contributed by atoms with van der Waals surface area (Å²) in [7, 11) is -3.21. The first-order valence-corrected chi connectivity index (χ1v) is 38.3. The Bertz CT molecular complexity index is 3540. The summed E-state index contributed by atoms with van der Waals surface area (Å²) in [6.07, 6.45) is -47.7. The standard InChI is InChI=1S/C16H22F6O5.C16H22F6O4.C13H19F3O4.C13H21F3O3.C10H15F3O3.C7H13NO4S/c1-7(2)12(24)27-8-5-9(13(3,25)15(17,18)19)11(23)10(6-8)14(4,26)16(20,21)22;1-8(2)12(23)26-11-6-9(13(3,24)15(17,18)19)5-10(7-11)14(4,25)16(20,21)22;1-7(2)11(18)20-8-4-5-10(17)9(6-8)12(3,19)13(14,15)16;1-8(2)6-10(19-11(17)9(3)4)7-12(5,18)13(14,15)16;1-6(2)8(14)16-7(3)5-9(4,15)10(11,12)13;1-6(2)7(9)12-5-4-8-13(3,10)11/h8-11,23,25-26H,1,5-6H2,2-4H3;9-11,24-25H,1,5-7H2,2-4H3;8-10,17,19H,1,4-6H2,2-3H3;8,10,18H,3,6-7H2,1-2,4-5H3;7,15H,1,5H2,2-4H3;8H,1,4-5H2,2-3H3. The maximum atomic E-state index is 13.2. The lowest BCUT2D eigenvalue weighted by atomic mass is 9.65. The molecule has 0 heterocycles. The van der Waals surface area contributed by atoms with Crippen LogP contribution in [0.2, 0.25) is 0 Å². The number of halogens is 21. The fraction of sp³-hybridized carbons (Fsp3) is 0.760. The van der Waals surface area contributed by atoms with E-state index in [1.807, 2.05) is 0 Å². The molecule has 0 amide bonds. The van der Waals surface area contributed by atoms with Crippen molar-refractivity contribution in [1.82, 2.24) is 4.72 Å². The van der Waals surface area contributed by atoms with E-state index in [9.17, 15) is 170 Å². The molecule has 24 nitrogen and oxygen atoms in total. The van der Waals surface area contributed by atoms with Gasteiger partial charge in [0.25, 0.3) is 0 Å². The number of aliphatic hydroxyl groups excluding tert-OH is 2. The van der Waals surface area contributed by atoms with Crippen molar-refractivity contribution in [3.05, 3.63) is 72.9 Å². The van der Waals surface area contributed by atoms with Gasteiger partial charge in [-0.2, -0.15) is 92.2 Å². The zero-order chi connectivity index (χ0) is 97.1. The third-order valence-electron chi connectivity index (χ3n) is 19.4. The maximum Gasteiger partial charge on any atom is 0.417 e. The van der Waals surface area contributed by atoms with E-state index in [1.54, 1.807) is 13.8 Å². The van der Waals surface area contributed by atoms with E-state index in [0.29, 0.717) is 54.0 Å². The minimum atomic E-state index is -5.28. The summed E-state index contributed by atoms with van der Waals surface area (Å²) in [6.45, 7) is 36.7. The van der Waals surface area contributed by atoms with Crippen LogP contribution in [0.4, 0.5) is 92.2 Å². The molecule has 0 aliphatic heterocycles. The van der Waals surface area contributed by atoms with E-state index >= 15 is 0 Å². The molecule has 0 aromatic carbocycles. The quantitative estimate of drug-likeness (QED) is 0.0126. The molecule has 16 unspecified atom stereocenters. The third-order valence-corrected chi connectivity index (χ3v) is 20.1. The van der Waals surface area contributed by atoms with Crippen molar-refractivity contribution in [2.75, 3.05) is 19.4 Å². The van der Waals surface area contributed by atoms with Crippen LogP contribution in [0, 0.1) is 35.5 Å². The molecule has 0 saturated heterocycles. The summed E-state index contributed by atoms with van der Waals surface area (Å²) in [4.78, 5) is 67.8. The molecule has 0 bridgehead atoms. The van der Waals surface area contributed by atoms with Crippen LogP contribution in [0.5, 0.6) is 0 Å². The van der Waals surface area contributed by atoms with E-state index in [4.69, 9.17) is 24.1 Å². The van der Waals surface area contributed by atoms with Crippen molar-refractivity contribution in [3.63, 3.8) is 0 Å². The summed E-state index contributed by atoms with van der Waals surface area (Å²) in [6, 6.07) is 0. The Morgan fingerprint density at radius 3 is 0.983 bits per heavy atom. The second-order valence-corrected chi connectivity index (χ2v) is 33.7. The summed E-state index contributed by atoms with van der Waals surface area (Å²) in [5.41, 5.74) is -22.1. The van der Waals surface area contributed by atoms with Crippen LogP contribution < -0.4 is 4.72 Å². The number of aliphatic hydroxyl groups is 9. The molecule has 121 heavy (non-hydrogen) atoms. The van der Waals surface area contributed by atoms with Crippen molar-refractivity contribution in [2.24, 2.45) is 35.5 Å². The average Bonchev–Trinajstić information content (AvgIpc) is 0.752. The normalized spacial score (nSPS) is 24.5. The highest BCUT2D eigenvalue weighted by atomic mass is 32.2. The largest absolute Gasteiger partial charge is 0.461 e. The molecule has 3 rings (SSSR count). The van der Waals surface area contributed by atoms with Crippen LogP contribution >= 0.6 is 0 Å². The molecule has 0 aromatic rings. The molecule has 16 atom stereocenters. The van der Waals surface area contributed by atoms with Gasteiger partial charge in [-0.15, -0.1) is 0 Å². The minimum Gasteiger partial charge on any atom is -0.461 e. The van der Waals surface area contributed by atoms with Gasteiger partial charge >= 0.3 is 79.0 Å². The van der Waals surface area contributed by atoms with E-state index < -0.39 is 246 Å². The Balaban J connectivity index is -0.00000140. The van der Waals surface area contributed by atoms with Crippen molar-refractivity contribution in [1.29, 1.82) is 0 Å². The van der Waals surface area contributed by atoms with Crippen LogP contribution in [0.25, 0.3) is 0 Å². The van der Waals surface area contributed by atoms with Gasteiger partial charge in [-0.05, 0) is 161 Å². The number of sulfonamides is 1. The van der Waals surface area contributed by atoms with Gasteiger partial charge in [0.15, 0.2) is 39.2 Å². The zero-order valence-electron chi connectivity index (χ0n) is 69.5. The van der Waals surface area contributed by atoms with Crippen molar-refractivity contribution in [3.8, 4) is 0 Å². The number of nitrogens with one attached hydrogen (secondary N) is 1. The highest BCUT2D eigenvalue weighted by Crippen LogP contribution is 2.53. The van der Waals surface area contributed by atoms with Gasteiger partial charge in [0.05, 0.1) is 18.5 Å². The number of hydrogen-bond donors (Lipinski definition) is 10. The fourth-order valence-corrected chi connectivity index (χ4v) is 11.9. The SMILES string of the molecule is C=C(C)C(=O)OC(C)CC(C)(O)C(F)(F)F.C=C(C)C(=O)OC(CC(C)C)CC(C)(O)C(F)(F)F.C=C(C)C(=O)OC1CC(C(C)(O)C(F)(F)F)C(O)C(C(C)(O)C(F)(F)F)C1.C=C(C)C(=O)OC1CC(C(C)(O)C(F)(F)F)CC(C(C)(O)C(F)(F)F)C1.C=C(C)C(=O)OC1CCC(O)C(C(C)(O)C(F)(F)F)C1.C=C(C)C(=O)OCCNS(C)(=O)=O. The lowest BCUT2D eigenvalue weighted by Crippen LogP contribution is -2.63. The predicted molar refractivity (Wildman–Crippen MR) is 390 cm³/mol. The highest BCUT2D eigenvalue weighted by Gasteiger charge is 2.67. The maximum absolute atomic E-state index is 13.2. The molecule has 708 valence electrons. The van der Waals surface area contributed by atoms with Gasteiger partial charge in [-0.1, -0.05) is 53.3 Å². The van der Waals surface area contributed by atoms with Gasteiger partial charge in [-0.25, -0.2) is 41.9 Å². The molecule has 3 aliphatic carbocycles. The molecular weight excluding hydrogens is 1710 g/mol. The van der Waals surface area contributed by atoms with Crippen molar-refractivity contribution < 1.29 is 204 Å². The number of esters is 6. The Kier molecular flexibility index (Phi) is 44.0. The Morgan fingerprint density at radius 1 is 0.397 bits per heavy atom. The number of rotatable bonds is 26. The van der Waals surface area contributed by atoms with Gasteiger partial charge in [0.1, 0.15) is 37.1 Å². The first kappa shape index (κ1) is 118. The number of ether oxygens (including phenoxy) is 6. The molecular formula is C75H112F21NO23S. The lowest BCUT2D eigenvalue weighted by molar-refractivity contribution is -0.318. The van der Waals surface area contributed by atoms with E-state index in [2.05, 4.69) is 53.7 Å². The minimum absolute atomic E-state index is 0.0127. The number of carbonyl (C=O) groups is 6. The van der Waals surface area contributed by atoms with Crippen LogP contribution in [0.3, 0.4) is 0 Å². The highest BCUT2D eigenvalue weighted by molar-refractivity contribution is 7.88. The smallest absolute Gasteiger partial charge is 0.417 e. The molecule has 3 saturated carbocycles. The Hall–Kier alpha value is -6.66. The molecule has 3 aliphatic rings. The molecule has 0 radical (unpaired) electrons. The van der Waals surface area contributed by atoms with E-state index in [1.165, 1.54) is 48.5 Å². The fourth-order valence-electron chi connectivity index (χ4n) is 11.4. The summed E-state index contributed by atoms with van der Waals surface area (Å²) < 4.78 is 324.